The molecule has 1 aliphatic heterocycles. The Bertz CT molecular complexity index is 179. The highest BCUT2D eigenvalue weighted by atomic mass is 16.5. The third-order valence-electron chi connectivity index (χ3n) is 1.61. The third kappa shape index (κ3) is 2.66. The van der Waals surface area contributed by atoms with Crippen molar-refractivity contribution in [2.24, 2.45) is 0 Å². The molecule has 0 unspecified atom stereocenters. The van der Waals surface area contributed by atoms with Gasteiger partial charge in [0.25, 0.3) is 6.57 Å². The van der Waals surface area contributed by atoms with Crippen LogP contribution < -0.4 is 0 Å². The molecule has 0 bridgehead atoms. The van der Waals surface area contributed by atoms with Crippen LogP contribution in [0.25, 0.3) is 4.85 Å². The first-order valence-electron chi connectivity index (χ1n) is 3.57. The molecular weight excluding hydrogens is 144 g/mol. The van der Waals surface area contributed by atoms with E-state index in [1.807, 2.05) is 4.90 Å². The van der Waals surface area contributed by atoms with Crippen LogP contribution in [0.2, 0.25) is 0 Å². The summed E-state index contributed by atoms with van der Waals surface area (Å²) in [7, 11) is 0. The molecule has 0 aromatic carbocycles. The zero-order chi connectivity index (χ0) is 8.10. The van der Waals surface area contributed by atoms with E-state index in [4.69, 9.17) is 11.3 Å². The van der Waals surface area contributed by atoms with Gasteiger partial charge in [0.15, 0.2) is 0 Å². The van der Waals surface area contributed by atoms with E-state index in [1.165, 1.54) is 0 Å². The van der Waals surface area contributed by atoms with Gasteiger partial charge in [-0.1, -0.05) is 0 Å². The molecule has 1 fully saturated rings. The van der Waals surface area contributed by atoms with Crippen LogP contribution in [0.4, 0.5) is 0 Å². The van der Waals surface area contributed by atoms with Gasteiger partial charge in [0.2, 0.25) is 0 Å². The summed E-state index contributed by atoms with van der Waals surface area (Å²) in [6, 6.07) is 0. The number of morpholine rings is 1. The number of carbonyl (C=O) groups excluding carboxylic acids is 1. The molecule has 0 aliphatic carbocycles. The lowest BCUT2D eigenvalue weighted by Gasteiger charge is -2.23. The normalized spacial score (nSPS) is 19.2. The van der Waals surface area contributed by atoms with E-state index >= 15 is 0 Å². The van der Waals surface area contributed by atoms with E-state index in [0.29, 0.717) is 19.8 Å². The molecule has 4 nitrogen and oxygen atoms in total. The van der Waals surface area contributed by atoms with Crippen molar-refractivity contribution in [3.05, 3.63) is 4.85 Å². The van der Waals surface area contributed by atoms with E-state index in [2.05, 4.69) is 4.85 Å². The molecule has 0 spiro atoms. The van der Waals surface area contributed by atoms with E-state index in [0.717, 1.165) is 13.1 Å². The lowest BCUT2D eigenvalue weighted by Crippen LogP contribution is -2.38. The predicted molar refractivity (Wildman–Crippen MR) is 40.6 cm³/mol. The van der Waals surface area contributed by atoms with Crippen molar-refractivity contribution in [3.63, 3.8) is 0 Å². The van der Waals surface area contributed by atoms with Gasteiger partial charge in [-0.25, -0.2) is 0 Å². The fourth-order valence-electron chi connectivity index (χ4n) is 0.991. The molecule has 1 rings (SSSR count). The fraction of sp³-hybridized carbons (Fsp3) is 0.714. The van der Waals surface area contributed by atoms with Gasteiger partial charge in [-0.3, -0.25) is 4.90 Å². The highest BCUT2D eigenvalue weighted by Crippen LogP contribution is 1.95. The summed E-state index contributed by atoms with van der Waals surface area (Å²) in [6.45, 7) is 8.10. The summed E-state index contributed by atoms with van der Waals surface area (Å²) >= 11 is 0. The Morgan fingerprint density at radius 3 is 2.73 bits per heavy atom. The molecule has 0 N–H and O–H groups in total. The Kier molecular flexibility index (Phi) is 3.02. The van der Waals surface area contributed by atoms with E-state index in [-0.39, 0.29) is 5.91 Å². The van der Waals surface area contributed by atoms with Gasteiger partial charge in [-0.15, -0.1) is 0 Å². The molecule has 1 amide bonds. The minimum absolute atomic E-state index is 0.271. The average molecular weight is 155 g/mol. The van der Waals surface area contributed by atoms with Gasteiger partial charge < -0.3 is 4.74 Å². The molecule has 0 saturated carbocycles. The molecule has 0 atom stereocenters. The maximum Gasteiger partial charge on any atom is 0.528 e. The van der Waals surface area contributed by atoms with Crippen molar-refractivity contribution < 1.29 is 9.53 Å². The molecule has 60 valence electrons. The Morgan fingerprint density at radius 1 is 1.55 bits per heavy atom. The van der Waals surface area contributed by atoms with Crippen LogP contribution in [-0.4, -0.2) is 43.7 Å². The van der Waals surface area contributed by atoms with Crippen LogP contribution in [0.3, 0.4) is 0 Å². The Hall–Kier alpha value is -0.920. The van der Waals surface area contributed by atoms with Crippen molar-refractivity contribution >= 4 is 5.91 Å². The highest BCUT2D eigenvalue weighted by Gasteiger charge is 2.18. The second-order valence-electron chi connectivity index (χ2n) is 2.41. The summed E-state index contributed by atoms with van der Waals surface area (Å²) in [5.74, 6) is -0.271. The minimum Gasteiger partial charge on any atom is -0.379 e. The summed E-state index contributed by atoms with van der Waals surface area (Å²) in [6.07, 6.45) is 0. The van der Waals surface area contributed by atoms with E-state index < -0.39 is 0 Å². The first-order chi connectivity index (χ1) is 5.33. The summed E-state index contributed by atoms with van der Waals surface area (Å²) in [5.41, 5.74) is 0. The average Bonchev–Trinajstić information content (AvgIpc) is 2.06. The summed E-state index contributed by atoms with van der Waals surface area (Å²) in [5, 5.41) is 0. The predicted octanol–water partition coefficient (Wildman–Crippen LogP) is -0.192. The van der Waals surface area contributed by atoms with Crippen LogP contribution in [0.15, 0.2) is 0 Å². The second-order valence-corrected chi connectivity index (χ2v) is 2.41. The zero-order valence-corrected chi connectivity index (χ0v) is 6.32. The van der Waals surface area contributed by atoms with Gasteiger partial charge >= 0.3 is 5.91 Å². The van der Waals surface area contributed by atoms with Crippen molar-refractivity contribution in [3.8, 4) is 6.57 Å². The van der Waals surface area contributed by atoms with Crippen molar-refractivity contribution in [1.29, 1.82) is 0 Å². The maximum absolute atomic E-state index is 10.7. The lowest BCUT2D eigenvalue weighted by molar-refractivity contribution is -0.116. The van der Waals surface area contributed by atoms with Gasteiger partial charge in [-0.2, -0.15) is 4.79 Å². The van der Waals surface area contributed by atoms with Crippen LogP contribution in [0.5, 0.6) is 0 Å². The Morgan fingerprint density at radius 2 is 2.18 bits per heavy atom. The molecule has 1 aliphatic rings. The van der Waals surface area contributed by atoms with Crippen molar-refractivity contribution in [1.82, 2.24) is 4.90 Å². The maximum atomic E-state index is 10.7. The number of nitrogens with zero attached hydrogens (tertiary/aromatic N) is 2. The Balaban J connectivity index is 2.25. The lowest BCUT2D eigenvalue weighted by atomic mass is 10.4. The fourth-order valence-corrected chi connectivity index (χ4v) is 0.991. The number of rotatable bonds is 2. The van der Waals surface area contributed by atoms with Gasteiger partial charge in [-0.05, 0) is 0 Å². The number of carbonyl (C=O) groups is 1. The van der Waals surface area contributed by atoms with Crippen molar-refractivity contribution in [2.75, 3.05) is 32.8 Å². The quantitative estimate of drug-likeness (QED) is 0.554. The molecule has 4 heteroatoms. The number of hydrogen-bond acceptors (Lipinski definition) is 3. The summed E-state index contributed by atoms with van der Waals surface area (Å²) in [4.78, 5) is 15.7. The van der Waals surface area contributed by atoms with Crippen LogP contribution in [0, 0.1) is 6.57 Å². The SMILES string of the molecule is C#[N+]C(=O)CN1CCOCC1. The number of hydrogen-bond donors (Lipinski definition) is 0. The van der Waals surface area contributed by atoms with Crippen LogP contribution in [-0.2, 0) is 9.53 Å². The first-order valence-corrected chi connectivity index (χ1v) is 3.57. The van der Waals surface area contributed by atoms with Crippen LogP contribution >= 0.6 is 0 Å². The molecule has 1 saturated heterocycles. The number of ether oxygens (including phenoxy) is 1. The minimum atomic E-state index is -0.271. The van der Waals surface area contributed by atoms with Gasteiger partial charge in [0.1, 0.15) is 6.54 Å². The van der Waals surface area contributed by atoms with Crippen molar-refractivity contribution in [2.45, 2.75) is 0 Å². The Labute approximate surface area is 65.6 Å². The molecule has 1 heterocycles. The molecular formula is C7H11N2O2+. The monoisotopic (exact) mass is 155 g/mol. The van der Waals surface area contributed by atoms with Crippen LogP contribution in [0.1, 0.15) is 0 Å². The molecule has 11 heavy (non-hydrogen) atoms. The molecule has 0 radical (unpaired) electrons. The topological polar surface area (TPSA) is 33.9 Å². The highest BCUT2D eigenvalue weighted by molar-refractivity contribution is 5.87. The second kappa shape index (κ2) is 4.06. The van der Waals surface area contributed by atoms with Gasteiger partial charge in [0.05, 0.1) is 13.2 Å². The molecule has 0 aromatic heterocycles. The van der Waals surface area contributed by atoms with E-state index in [1.54, 1.807) is 0 Å². The van der Waals surface area contributed by atoms with Gasteiger partial charge in [0, 0.05) is 17.9 Å². The standard InChI is InChI=1S/C7H11N2O2/c1-8-7(10)6-9-2-4-11-5-3-9/h1H,2-6H2/q+1. The smallest absolute Gasteiger partial charge is 0.379 e. The molecule has 0 aromatic rings. The summed E-state index contributed by atoms with van der Waals surface area (Å²) < 4.78 is 5.10. The zero-order valence-electron chi connectivity index (χ0n) is 6.32. The first kappa shape index (κ1) is 8.18. The van der Waals surface area contributed by atoms with E-state index in [9.17, 15) is 4.79 Å². The largest absolute Gasteiger partial charge is 0.528 e. The third-order valence-corrected chi connectivity index (χ3v) is 1.61. The number of amides is 1.